The van der Waals surface area contributed by atoms with Crippen LogP contribution in [-0.2, 0) is 11.3 Å². The van der Waals surface area contributed by atoms with Crippen molar-refractivity contribution in [2.45, 2.75) is 27.3 Å². The Balaban J connectivity index is 1.80. The average Bonchev–Trinajstić information content (AvgIpc) is 2.90. The Labute approximate surface area is 148 Å². The Morgan fingerprint density at radius 2 is 2.16 bits per heavy atom. The van der Waals surface area contributed by atoms with Gasteiger partial charge in [-0.25, -0.2) is 4.98 Å². The third kappa shape index (κ3) is 5.86. The van der Waals surface area contributed by atoms with Crippen molar-refractivity contribution in [1.82, 2.24) is 20.1 Å². The molecule has 0 spiro atoms. The van der Waals surface area contributed by atoms with E-state index in [1.165, 1.54) is 5.69 Å². The number of anilines is 1. The number of aromatic nitrogens is 3. The van der Waals surface area contributed by atoms with Crippen molar-refractivity contribution in [3.05, 3.63) is 41.3 Å². The molecule has 2 aromatic rings. The molecule has 0 aliphatic rings. The predicted molar refractivity (Wildman–Crippen MR) is 97.8 cm³/mol. The second-order valence-electron chi connectivity index (χ2n) is 6.28. The fraction of sp³-hybridized carbons (Fsp3) is 0.500. The van der Waals surface area contributed by atoms with Gasteiger partial charge < -0.3 is 15.4 Å². The average molecular weight is 345 g/mol. The highest BCUT2D eigenvalue weighted by molar-refractivity contribution is 5.94. The molecule has 0 aliphatic heterocycles. The number of nitrogens with one attached hydrogen (secondary N) is 2. The van der Waals surface area contributed by atoms with Crippen LogP contribution >= 0.6 is 0 Å². The molecule has 7 nitrogen and oxygen atoms in total. The summed E-state index contributed by atoms with van der Waals surface area (Å²) >= 11 is 0. The van der Waals surface area contributed by atoms with E-state index in [2.05, 4.69) is 40.6 Å². The van der Waals surface area contributed by atoms with E-state index in [0.717, 1.165) is 24.6 Å². The van der Waals surface area contributed by atoms with Crippen LogP contribution in [0.15, 0.2) is 24.4 Å². The smallest absolute Gasteiger partial charge is 0.252 e. The maximum Gasteiger partial charge on any atom is 0.252 e. The van der Waals surface area contributed by atoms with Crippen LogP contribution in [0.3, 0.4) is 0 Å². The third-order valence-electron chi connectivity index (χ3n) is 3.84. The third-order valence-corrected chi connectivity index (χ3v) is 3.84. The summed E-state index contributed by atoms with van der Waals surface area (Å²) in [6.45, 7) is 8.85. The van der Waals surface area contributed by atoms with E-state index >= 15 is 0 Å². The summed E-state index contributed by atoms with van der Waals surface area (Å²) in [5.74, 6) is 1.01. The molecular weight excluding hydrogens is 318 g/mol. The Kier molecular flexibility index (Phi) is 6.94. The Morgan fingerprint density at radius 3 is 2.76 bits per heavy atom. The van der Waals surface area contributed by atoms with Crippen molar-refractivity contribution >= 4 is 11.7 Å². The van der Waals surface area contributed by atoms with Crippen LogP contribution in [0, 0.1) is 19.8 Å². The monoisotopic (exact) mass is 345 g/mol. The number of carbonyl (C=O) groups is 1. The molecule has 0 radical (unpaired) electrons. The Bertz CT molecular complexity index is 681. The fourth-order valence-electron chi connectivity index (χ4n) is 2.50. The molecule has 7 heteroatoms. The van der Waals surface area contributed by atoms with Crippen LogP contribution < -0.4 is 10.6 Å². The van der Waals surface area contributed by atoms with Gasteiger partial charge in [0.15, 0.2) is 0 Å². The maximum absolute atomic E-state index is 11.9. The van der Waals surface area contributed by atoms with E-state index < -0.39 is 0 Å². The van der Waals surface area contributed by atoms with Crippen LogP contribution in [-0.4, -0.2) is 47.5 Å². The van der Waals surface area contributed by atoms with E-state index in [1.54, 1.807) is 19.4 Å². The zero-order chi connectivity index (χ0) is 18.2. The van der Waals surface area contributed by atoms with E-state index in [9.17, 15) is 4.79 Å². The number of aryl methyl sites for hydroxylation is 2. The molecule has 2 rings (SSSR count). The van der Waals surface area contributed by atoms with Gasteiger partial charge in [0.2, 0.25) is 0 Å². The number of ether oxygens (including phenoxy) is 1. The Morgan fingerprint density at radius 1 is 1.36 bits per heavy atom. The molecule has 1 amide bonds. The molecule has 2 heterocycles. The summed E-state index contributed by atoms with van der Waals surface area (Å²) in [6.07, 6.45) is 1.58. The minimum atomic E-state index is -0.144. The highest BCUT2D eigenvalue weighted by atomic mass is 16.5. The minimum Gasteiger partial charge on any atom is -0.383 e. The summed E-state index contributed by atoms with van der Waals surface area (Å²) in [7, 11) is 1.60. The second kappa shape index (κ2) is 9.17. The number of amides is 1. The van der Waals surface area contributed by atoms with E-state index in [4.69, 9.17) is 4.74 Å². The van der Waals surface area contributed by atoms with Crippen molar-refractivity contribution in [2.24, 2.45) is 5.92 Å². The normalized spacial score (nSPS) is 12.0. The van der Waals surface area contributed by atoms with Gasteiger partial charge in [0, 0.05) is 38.6 Å². The van der Waals surface area contributed by atoms with Crippen LogP contribution in [0.1, 0.15) is 28.7 Å². The first-order valence-corrected chi connectivity index (χ1v) is 8.47. The van der Waals surface area contributed by atoms with Crippen molar-refractivity contribution in [1.29, 1.82) is 0 Å². The molecule has 0 bridgehead atoms. The molecule has 0 fully saturated rings. The molecule has 25 heavy (non-hydrogen) atoms. The maximum atomic E-state index is 11.9. The summed E-state index contributed by atoms with van der Waals surface area (Å²) in [5, 5.41) is 10.6. The summed E-state index contributed by atoms with van der Waals surface area (Å²) < 4.78 is 6.94. The standard InChI is InChI=1S/C18H27N5O2/c1-13(12-23-15(3)9-14(2)22-23)10-20-17-6-5-16(11-21-17)18(24)19-7-8-25-4/h5-6,9,11,13H,7-8,10,12H2,1-4H3,(H,19,24)(H,20,21)/t13-/m0/s1. The van der Waals surface area contributed by atoms with Crippen LogP contribution in [0.2, 0.25) is 0 Å². The quantitative estimate of drug-likeness (QED) is 0.680. The van der Waals surface area contributed by atoms with Crippen molar-refractivity contribution in [3.8, 4) is 0 Å². The molecule has 0 saturated heterocycles. The largest absolute Gasteiger partial charge is 0.383 e. The summed E-state index contributed by atoms with van der Waals surface area (Å²) in [5.41, 5.74) is 2.75. The fourth-order valence-corrected chi connectivity index (χ4v) is 2.50. The highest BCUT2D eigenvalue weighted by Crippen LogP contribution is 2.09. The van der Waals surface area contributed by atoms with Gasteiger partial charge in [0.25, 0.3) is 5.91 Å². The summed E-state index contributed by atoms with van der Waals surface area (Å²) in [4.78, 5) is 16.2. The molecule has 2 N–H and O–H groups in total. The first-order valence-electron chi connectivity index (χ1n) is 8.47. The number of nitrogens with zero attached hydrogens (tertiary/aromatic N) is 3. The SMILES string of the molecule is COCCNC(=O)c1ccc(NC[C@H](C)Cn2nc(C)cc2C)nc1. The lowest BCUT2D eigenvalue weighted by Gasteiger charge is -2.14. The number of rotatable bonds is 9. The highest BCUT2D eigenvalue weighted by Gasteiger charge is 2.09. The lowest BCUT2D eigenvalue weighted by Crippen LogP contribution is -2.27. The van der Waals surface area contributed by atoms with Crippen LogP contribution in [0.25, 0.3) is 0 Å². The van der Waals surface area contributed by atoms with Gasteiger partial charge in [-0.2, -0.15) is 5.10 Å². The van der Waals surface area contributed by atoms with E-state index in [0.29, 0.717) is 24.6 Å². The van der Waals surface area contributed by atoms with Gasteiger partial charge in [-0.05, 0) is 38.0 Å². The molecule has 0 aliphatic carbocycles. The van der Waals surface area contributed by atoms with Crippen LogP contribution in [0.4, 0.5) is 5.82 Å². The number of hydrogen-bond donors (Lipinski definition) is 2. The van der Waals surface area contributed by atoms with Crippen LogP contribution in [0.5, 0.6) is 0 Å². The molecular formula is C18H27N5O2. The number of carbonyl (C=O) groups excluding carboxylic acids is 1. The molecule has 1 atom stereocenters. The van der Waals surface area contributed by atoms with Crippen molar-refractivity contribution < 1.29 is 9.53 Å². The van der Waals surface area contributed by atoms with Gasteiger partial charge in [0.05, 0.1) is 17.9 Å². The zero-order valence-corrected chi connectivity index (χ0v) is 15.4. The van der Waals surface area contributed by atoms with Gasteiger partial charge >= 0.3 is 0 Å². The first-order chi connectivity index (χ1) is 12.0. The van der Waals surface area contributed by atoms with Gasteiger partial charge in [0.1, 0.15) is 5.82 Å². The first kappa shape index (κ1) is 18.9. The molecule has 0 aromatic carbocycles. The topological polar surface area (TPSA) is 81.1 Å². The number of hydrogen-bond acceptors (Lipinski definition) is 5. The van der Waals surface area contributed by atoms with Gasteiger partial charge in [-0.1, -0.05) is 6.92 Å². The van der Waals surface area contributed by atoms with Crippen molar-refractivity contribution in [2.75, 3.05) is 32.1 Å². The molecule has 0 saturated carbocycles. The molecule has 0 unspecified atom stereocenters. The minimum absolute atomic E-state index is 0.144. The summed E-state index contributed by atoms with van der Waals surface area (Å²) in [6, 6.07) is 5.67. The lowest BCUT2D eigenvalue weighted by atomic mass is 10.2. The van der Waals surface area contributed by atoms with Crippen molar-refractivity contribution in [3.63, 3.8) is 0 Å². The zero-order valence-electron chi connectivity index (χ0n) is 15.4. The number of pyridine rings is 1. The van der Waals surface area contributed by atoms with Gasteiger partial charge in [-0.3, -0.25) is 9.48 Å². The van der Waals surface area contributed by atoms with E-state index in [-0.39, 0.29) is 5.91 Å². The predicted octanol–water partition coefficient (Wildman–Crippen LogP) is 2.02. The molecule has 136 valence electrons. The molecule has 2 aromatic heterocycles. The Hall–Kier alpha value is -2.41. The van der Waals surface area contributed by atoms with Gasteiger partial charge in [-0.15, -0.1) is 0 Å². The second-order valence-corrected chi connectivity index (χ2v) is 6.28. The number of methoxy groups -OCH3 is 1. The lowest BCUT2D eigenvalue weighted by molar-refractivity contribution is 0.0937. The van der Waals surface area contributed by atoms with E-state index in [1.807, 2.05) is 17.7 Å².